The topological polar surface area (TPSA) is 72.5 Å². The van der Waals surface area contributed by atoms with Crippen molar-refractivity contribution in [2.75, 3.05) is 33.7 Å². The first-order valence-corrected chi connectivity index (χ1v) is 10.7. The third-order valence-corrected chi connectivity index (χ3v) is 7.78. The molecule has 2 aliphatic rings. The summed E-state index contributed by atoms with van der Waals surface area (Å²) >= 11 is 0. The van der Waals surface area contributed by atoms with Gasteiger partial charge in [-0.2, -0.15) is 17.0 Å². The molecular weight excluding hydrogens is 362 g/mol. The Balaban J connectivity index is 1.65. The number of hydrogen-bond acceptors (Lipinski definition) is 4. The van der Waals surface area contributed by atoms with E-state index in [1.807, 2.05) is 18.3 Å². The monoisotopic (exact) mass is 389 g/mol. The maximum atomic E-state index is 13.0. The van der Waals surface area contributed by atoms with E-state index < -0.39 is 10.2 Å². The van der Waals surface area contributed by atoms with Crippen LogP contribution >= 0.6 is 0 Å². The smallest absolute Gasteiger partial charge is 0.282 e. The van der Waals surface area contributed by atoms with Crippen molar-refractivity contribution in [1.82, 2.24) is 23.5 Å². The van der Waals surface area contributed by atoms with Gasteiger partial charge in [0.25, 0.3) is 10.2 Å². The molecule has 2 aromatic rings. The normalized spacial score (nSPS) is 26.7. The van der Waals surface area contributed by atoms with Crippen molar-refractivity contribution < 1.29 is 8.42 Å². The van der Waals surface area contributed by atoms with E-state index in [-0.39, 0.29) is 12.0 Å². The van der Waals surface area contributed by atoms with Gasteiger partial charge in [0, 0.05) is 46.1 Å². The second-order valence-electron chi connectivity index (χ2n) is 7.82. The predicted molar refractivity (Wildman–Crippen MR) is 104 cm³/mol. The lowest BCUT2D eigenvalue weighted by Gasteiger charge is -2.31. The number of aryl methyl sites for hydroxylation is 1. The molecule has 3 heterocycles. The van der Waals surface area contributed by atoms with Gasteiger partial charge in [-0.3, -0.25) is 4.90 Å². The van der Waals surface area contributed by atoms with Gasteiger partial charge in [0.1, 0.15) is 5.82 Å². The fourth-order valence-corrected chi connectivity index (χ4v) is 5.93. The molecule has 3 atom stereocenters. The first-order valence-electron chi connectivity index (χ1n) is 9.33. The molecule has 1 N–H and O–H groups in total. The molecule has 2 saturated heterocycles. The molecule has 146 valence electrons. The van der Waals surface area contributed by atoms with Crippen LogP contribution in [0.15, 0.2) is 36.7 Å². The second kappa shape index (κ2) is 7.01. The number of imidazole rings is 1. The highest BCUT2D eigenvalue weighted by Gasteiger charge is 2.52. The van der Waals surface area contributed by atoms with Gasteiger partial charge in [-0.25, -0.2) is 4.98 Å². The minimum atomic E-state index is -3.47. The van der Waals surface area contributed by atoms with E-state index in [0.717, 1.165) is 36.6 Å². The largest absolute Gasteiger partial charge is 0.348 e. The molecule has 0 radical (unpaired) electrons. The van der Waals surface area contributed by atoms with Gasteiger partial charge >= 0.3 is 0 Å². The minimum Gasteiger partial charge on any atom is -0.348 e. The van der Waals surface area contributed by atoms with E-state index >= 15 is 0 Å². The molecule has 0 unspecified atom stereocenters. The molecule has 0 amide bonds. The maximum absolute atomic E-state index is 13.0. The van der Waals surface area contributed by atoms with E-state index in [1.165, 1.54) is 4.31 Å². The zero-order valence-corrected chi connectivity index (χ0v) is 16.9. The van der Waals surface area contributed by atoms with Crippen molar-refractivity contribution in [2.24, 2.45) is 11.8 Å². The van der Waals surface area contributed by atoms with Crippen molar-refractivity contribution in [3.63, 3.8) is 0 Å². The van der Waals surface area contributed by atoms with Crippen molar-refractivity contribution in [3.05, 3.63) is 53.6 Å². The van der Waals surface area contributed by atoms with Crippen LogP contribution in [-0.2, 0) is 16.8 Å². The minimum absolute atomic E-state index is 0.120. The van der Waals surface area contributed by atoms with Crippen LogP contribution in [0.3, 0.4) is 0 Å². The zero-order chi connectivity index (χ0) is 19.2. The first kappa shape index (κ1) is 18.6. The summed E-state index contributed by atoms with van der Waals surface area (Å²) in [7, 11) is -0.245. The van der Waals surface area contributed by atoms with Gasteiger partial charge in [0.05, 0.1) is 12.6 Å². The van der Waals surface area contributed by atoms with Crippen LogP contribution in [0.4, 0.5) is 0 Å². The highest BCUT2D eigenvalue weighted by atomic mass is 32.2. The maximum Gasteiger partial charge on any atom is 0.282 e. The number of nitrogens with zero attached hydrogens (tertiary/aromatic N) is 4. The average Bonchev–Trinajstić information content (AvgIpc) is 3.32. The standard InChI is InChI=1S/C19H27N5O2S/c1-14-6-4-5-7-16(14)19-17-12-23(13-18-20-8-9-21-18)10-15(17)11-24(19)27(25,26)22(2)3/h4-9,15,17,19H,10-13H2,1-3H3,(H,20,21)/t15-,17-,19+/m0/s1. The highest BCUT2D eigenvalue weighted by Crippen LogP contribution is 2.47. The van der Waals surface area contributed by atoms with E-state index in [4.69, 9.17) is 0 Å². The van der Waals surface area contributed by atoms with Crippen molar-refractivity contribution in [3.8, 4) is 0 Å². The van der Waals surface area contributed by atoms with Crippen LogP contribution in [0.5, 0.6) is 0 Å². The molecule has 1 aromatic heterocycles. The highest BCUT2D eigenvalue weighted by molar-refractivity contribution is 7.86. The number of H-pyrrole nitrogens is 1. The molecule has 2 aliphatic heterocycles. The fraction of sp³-hybridized carbons (Fsp3) is 0.526. The number of rotatable bonds is 5. The molecule has 0 aliphatic carbocycles. The summed E-state index contributed by atoms with van der Waals surface area (Å²) in [5.41, 5.74) is 2.27. The molecule has 27 heavy (non-hydrogen) atoms. The Morgan fingerprint density at radius 2 is 2.00 bits per heavy atom. The quantitative estimate of drug-likeness (QED) is 0.844. The molecule has 2 fully saturated rings. The Kier molecular flexibility index (Phi) is 4.84. The van der Waals surface area contributed by atoms with Crippen LogP contribution in [-0.4, -0.2) is 65.6 Å². The Labute approximate surface area is 161 Å². The number of likely N-dealkylation sites (tertiary alicyclic amines) is 1. The van der Waals surface area contributed by atoms with Crippen LogP contribution in [0.2, 0.25) is 0 Å². The molecular formula is C19H27N5O2S. The molecule has 0 spiro atoms. The average molecular weight is 390 g/mol. The van der Waals surface area contributed by atoms with Crippen molar-refractivity contribution >= 4 is 10.2 Å². The lowest BCUT2D eigenvalue weighted by atomic mass is 9.88. The predicted octanol–water partition coefficient (Wildman–Crippen LogP) is 1.63. The molecule has 0 saturated carbocycles. The Bertz CT molecular complexity index is 897. The van der Waals surface area contributed by atoms with E-state index in [1.54, 1.807) is 24.6 Å². The van der Waals surface area contributed by atoms with Gasteiger partial charge in [-0.1, -0.05) is 24.3 Å². The summed E-state index contributed by atoms with van der Waals surface area (Å²) in [5, 5.41) is 0. The Morgan fingerprint density at radius 3 is 2.67 bits per heavy atom. The number of hydrogen-bond donors (Lipinski definition) is 1. The summed E-state index contributed by atoms with van der Waals surface area (Å²) in [4.78, 5) is 9.88. The van der Waals surface area contributed by atoms with Crippen LogP contribution in [0.25, 0.3) is 0 Å². The summed E-state index contributed by atoms with van der Waals surface area (Å²) in [6, 6.07) is 8.04. The van der Waals surface area contributed by atoms with Gasteiger partial charge in [0.2, 0.25) is 0 Å². The Morgan fingerprint density at radius 1 is 1.22 bits per heavy atom. The zero-order valence-electron chi connectivity index (χ0n) is 16.0. The van der Waals surface area contributed by atoms with E-state index in [2.05, 4.69) is 33.9 Å². The lowest BCUT2D eigenvalue weighted by molar-refractivity contribution is 0.250. The van der Waals surface area contributed by atoms with Crippen LogP contribution < -0.4 is 0 Å². The van der Waals surface area contributed by atoms with Crippen molar-refractivity contribution in [2.45, 2.75) is 19.5 Å². The summed E-state index contributed by atoms with van der Waals surface area (Å²) < 4.78 is 29.1. The summed E-state index contributed by atoms with van der Waals surface area (Å²) in [6.07, 6.45) is 3.61. The Hall–Kier alpha value is -1.74. The lowest BCUT2D eigenvalue weighted by Crippen LogP contribution is -2.42. The van der Waals surface area contributed by atoms with Gasteiger partial charge in [-0.05, 0) is 29.9 Å². The number of fused-ring (bicyclic) bond motifs is 1. The number of aromatic amines is 1. The summed E-state index contributed by atoms with van der Waals surface area (Å²) in [6.45, 7) is 5.19. The van der Waals surface area contributed by atoms with E-state index in [9.17, 15) is 8.42 Å². The number of nitrogens with one attached hydrogen (secondary N) is 1. The van der Waals surface area contributed by atoms with Crippen LogP contribution in [0.1, 0.15) is 23.0 Å². The van der Waals surface area contributed by atoms with Crippen molar-refractivity contribution in [1.29, 1.82) is 0 Å². The second-order valence-corrected chi connectivity index (χ2v) is 9.91. The molecule has 7 nitrogen and oxygen atoms in total. The summed E-state index contributed by atoms with van der Waals surface area (Å²) in [5.74, 6) is 1.58. The third-order valence-electron chi connectivity index (χ3n) is 5.89. The molecule has 0 bridgehead atoms. The molecule has 4 rings (SSSR count). The van der Waals surface area contributed by atoms with Gasteiger partial charge in [0.15, 0.2) is 0 Å². The van der Waals surface area contributed by atoms with Crippen LogP contribution in [0, 0.1) is 18.8 Å². The SMILES string of the molecule is Cc1ccccc1[C@@H]1[C@H]2CN(Cc3ncc[nH]3)C[C@H]2CN1S(=O)(=O)N(C)C. The van der Waals surface area contributed by atoms with Gasteiger partial charge < -0.3 is 4.98 Å². The molecule has 8 heteroatoms. The fourth-order valence-electron chi connectivity index (χ4n) is 4.58. The van der Waals surface area contributed by atoms with E-state index in [0.29, 0.717) is 12.5 Å². The first-order chi connectivity index (χ1) is 12.9. The third kappa shape index (κ3) is 3.31. The van der Waals surface area contributed by atoms with Gasteiger partial charge in [-0.15, -0.1) is 0 Å². The number of benzene rings is 1. The molecule has 1 aromatic carbocycles. The number of aromatic nitrogens is 2.